The van der Waals surface area contributed by atoms with Crippen molar-refractivity contribution in [3.63, 3.8) is 0 Å². The Morgan fingerprint density at radius 2 is 1.67 bits per heavy atom. The molecule has 142 valence electrons. The highest BCUT2D eigenvalue weighted by atomic mass is 19.4. The Kier molecular flexibility index (Phi) is 4.98. The van der Waals surface area contributed by atoms with Gasteiger partial charge >= 0.3 is 6.18 Å². The normalized spacial score (nSPS) is 14.9. The summed E-state index contributed by atoms with van der Waals surface area (Å²) in [6.07, 6.45) is -3.61. The van der Waals surface area contributed by atoms with Gasteiger partial charge in [-0.3, -0.25) is 19.9 Å². The summed E-state index contributed by atoms with van der Waals surface area (Å²) in [5.41, 5.74) is -0.125. The molecule has 27 heavy (non-hydrogen) atoms. The van der Waals surface area contributed by atoms with Crippen molar-refractivity contribution in [2.75, 3.05) is 31.1 Å². The van der Waals surface area contributed by atoms with Crippen LogP contribution in [0.1, 0.15) is 16.1 Å². The molecule has 0 bridgehead atoms. The minimum Gasteiger partial charge on any atom is -0.368 e. The van der Waals surface area contributed by atoms with Crippen LogP contribution in [0, 0.1) is 10.1 Å². The Balaban J connectivity index is 1.61. The van der Waals surface area contributed by atoms with E-state index in [1.54, 1.807) is 17.0 Å². The van der Waals surface area contributed by atoms with Gasteiger partial charge < -0.3 is 9.80 Å². The van der Waals surface area contributed by atoms with Crippen LogP contribution in [0.3, 0.4) is 0 Å². The highest BCUT2D eigenvalue weighted by molar-refractivity contribution is 5.94. The van der Waals surface area contributed by atoms with E-state index in [4.69, 9.17) is 0 Å². The first-order valence-electron chi connectivity index (χ1n) is 8.07. The van der Waals surface area contributed by atoms with Crippen LogP contribution in [0.15, 0.2) is 42.6 Å². The SMILES string of the molecule is O=C(c1ccc(C(F)(F)F)nc1)N1CCN(c2ccc([N+](=O)[O-])cc2)CC1. The first-order valence-corrected chi connectivity index (χ1v) is 8.07. The van der Waals surface area contributed by atoms with Gasteiger partial charge in [-0.1, -0.05) is 0 Å². The number of carbonyl (C=O) groups is 1. The topological polar surface area (TPSA) is 79.6 Å². The van der Waals surface area contributed by atoms with Crippen molar-refractivity contribution >= 4 is 17.3 Å². The van der Waals surface area contributed by atoms with Crippen molar-refractivity contribution in [2.45, 2.75) is 6.18 Å². The number of nitro benzene ring substituents is 1. The predicted octanol–water partition coefficient (Wildman–Crippen LogP) is 2.97. The number of aromatic nitrogens is 1. The number of piperazine rings is 1. The van der Waals surface area contributed by atoms with E-state index >= 15 is 0 Å². The number of nitrogens with zero attached hydrogens (tertiary/aromatic N) is 4. The lowest BCUT2D eigenvalue weighted by Gasteiger charge is -2.36. The number of anilines is 1. The molecular weight excluding hydrogens is 365 g/mol. The third-order valence-electron chi connectivity index (χ3n) is 4.29. The maximum Gasteiger partial charge on any atom is 0.433 e. The Morgan fingerprint density at radius 1 is 1.04 bits per heavy atom. The van der Waals surface area contributed by atoms with E-state index in [1.807, 2.05) is 4.90 Å². The van der Waals surface area contributed by atoms with Crippen LogP contribution in [-0.2, 0) is 6.18 Å². The summed E-state index contributed by atoms with van der Waals surface area (Å²) in [6.45, 7) is 1.79. The molecule has 1 aromatic heterocycles. The second-order valence-electron chi connectivity index (χ2n) is 5.98. The summed E-state index contributed by atoms with van der Waals surface area (Å²) >= 11 is 0. The highest BCUT2D eigenvalue weighted by Crippen LogP contribution is 2.27. The number of hydrogen-bond donors (Lipinski definition) is 0. The molecule has 0 saturated carbocycles. The largest absolute Gasteiger partial charge is 0.433 e. The maximum atomic E-state index is 12.5. The van der Waals surface area contributed by atoms with Crippen LogP contribution in [0.2, 0.25) is 0 Å². The molecule has 0 atom stereocenters. The van der Waals surface area contributed by atoms with E-state index < -0.39 is 16.8 Å². The molecule has 1 aromatic carbocycles. The lowest BCUT2D eigenvalue weighted by atomic mass is 10.2. The number of pyridine rings is 1. The van der Waals surface area contributed by atoms with Gasteiger partial charge in [-0.05, 0) is 24.3 Å². The first-order chi connectivity index (χ1) is 12.8. The third kappa shape index (κ3) is 4.15. The molecule has 1 fully saturated rings. The van der Waals surface area contributed by atoms with E-state index in [0.717, 1.165) is 24.0 Å². The zero-order valence-corrected chi connectivity index (χ0v) is 14.0. The number of hydrogen-bond acceptors (Lipinski definition) is 5. The molecule has 0 radical (unpaired) electrons. The fraction of sp³-hybridized carbons (Fsp3) is 0.294. The molecular formula is C17H15F3N4O3. The number of benzene rings is 1. The number of non-ortho nitro benzene ring substituents is 1. The molecule has 7 nitrogen and oxygen atoms in total. The summed E-state index contributed by atoms with van der Waals surface area (Å²) in [5, 5.41) is 10.7. The number of amides is 1. The number of rotatable bonds is 3. The third-order valence-corrected chi connectivity index (χ3v) is 4.29. The molecule has 0 N–H and O–H groups in total. The lowest BCUT2D eigenvalue weighted by molar-refractivity contribution is -0.384. The number of halogens is 3. The highest BCUT2D eigenvalue weighted by Gasteiger charge is 2.32. The summed E-state index contributed by atoms with van der Waals surface area (Å²) in [6, 6.07) is 8.05. The van der Waals surface area contributed by atoms with Gasteiger partial charge in [0.05, 0.1) is 10.5 Å². The van der Waals surface area contributed by atoms with Gasteiger partial charge in [-0.2, -0.15) is 13.2 Å². The minimum atomic E-state index is -4.54. The van der Waals surface area contributed by atoms with E-state index in [9.17, 15) is 28.1 Å². The fourth-order valence-corrected chi connectivity index (χ4v) is 2.82. The summed E-state index contributed by atoms with van der Waals surface area (Å²) < 4.78 is 37.6. The van der Waals surface area contributed by atoms with Crippen LogP contribution in [0.4, 0.5) is 24.5 Å². The molecule has 1 amide bonds. The monoisotopic (exact) mass is 380 g/mol. The van der Waals surface area contributed by atoms with E-state index in [-0.39, 0.29) is 17.2 Å². The second-order valence-corrected chi connectivity index (χ2v) is 5.98. The zero-order chi connectivity index (χ0) is 19.6. The molecule has 2 aromatic rings. The Bertz CT molecular complexity index is 830. The van der Waals surface area contributed by atoms with Crippen molar-refractivity contribution < 1.29 is 22.9 Å². The average molecular weight is 380 g/mol. The average Bonchev–Trinajstić information content (AvgIpc) is 2.67. The van der Waals surface area contributed by atoms with Gasteiger partial charge in [0.15, 0.2) is 0 Å². The molecule has 2 heterocycles. The predicted molar refractivity (Wildman–Crippen MR) is 90.5 cm³/mol. The fourth-order valence-electron chi connectivity index (χ4n) is 2.82. The molecule has 3 rings (SSSR count). The lowest BCUT2D eigenvalue weighted by Crippen LogP contribution is -2.48. The smallest absolute Gasteiger partial charge is 0.368 e. The van der Waals surface area contributed by atoms with Gasteiger partial charge in [0.1, 0.15) is 5.69 Å². The van der Waals surface area contributed by atoms with Crippen LogP contribution in [-0.4, -0.2) is 46.9 Å². The maximum absolute atomic E-state index is 12.5. The zero-order valence-electron chi connectivity index (χ0n) is 14.0. The molecule has 0 unspecified atom stereocenters. The summed E-state index contributed by atoms with van der Waals surface area (Å²) in [5.74, 6) is -0.375. The molecule has 10 heteroatoms. The van der Waals surface area contributed by atoms with Gasteiger partial charge in [0.2, 0.25) is 0 Å². The number of alkyl halides is 3. The van der Waals surface area contributed by atoms with Crippen LogP contribution in [0.25, 0.3) is 0 Å². The quantitative estimate of drug-likeness (QED) is 0.604. The van der Waals surface area contributed by atoms with Crippen molar-refractivity contribution in [1.29, 1.82) is 0 Å². The Labute approximate surface area is 152 Å². The van der Waals surface area contributed by atoms with Crippen LogP contribution in [0.5, 0.6) is 0 Å². The number of nitro groups is 1. The van der Waals surface area contributed by atoms with E-state index in [1.165, 1.54) is 12.1 Å². The molecule has 1 saturated heterocycles. The standard InChI is InChI=1S/C17H15F3N4O3/c18-17(19,20)15-6-1-12(11-21-15)16(25)23-9-7-22(8-10-23)13-2-4-14(5-3-13)24(26)27/h1-6,11H,7-10H2. The molecule has 0 spiro atoms. The Hall–Kier alpha value is -3.17. The van der Waals surface area contributed by atoms with Gasteiger partial charge in [0.25, 0.3) is 11.6 Å². The van der Waals surface area contributed by atoms with E-state index in [0.29, 0.717) is 26.2 Å². The molecule has 1 aliphatic rings. The second kappa shape index (κ2) is 7.22. The summed E-state index contributed by atoms with van der Waals surface area (Å²) in [7, 11) is 0. The minimum absolute atomic E-state index is 0.00219. The number of carbonyl (C=O) groups excluding carboxylic acids is 1. The van der Waals surface area contributed by atoms with Crippen molar-refractivity contribution in [2.24, 2.45) is 0 Å². The summed E-state index contributed by atoms with van der Waals surface area (Å²) in [4.78, 5) is 29.5. The van der Waals surface area contributed by atoms with Crippen LogP contribution < -0.4 is 4.90 Å². The van der Waals surface area contributed by atoms with Gasteiger partial charge in [-0.25, -0.2) is 0 Å². The van der Waals surface area contributed by atoms with Crippen LogP contribution >= 0.6 is 0 Å². The van der Waals surface area contributed by atoms with Crippen molar-refractivity contribution in [3.05, 3.63) is 64.0 Å². The van der Waals surface area contributed by atoms with Crippen molar-refractivity contribution in [1.82, 2.24) is 9.88 Å². The van der Waals surface area contributed by atoms with E-state index in [2.05, 4.69) is 4.98 Å². The first kappa shape index (κ1) is 18.6. The molecule has 0 aliphatic carbocycles. The Morgan fingerprint density at radius 3 is 2.15 bits per heavy atom. The van der Waals surface area contributed by atoms with Crippen molar-refractivity contribution in [3.8, 4) is 0 Å². The van der Waals surface area contributed by atoms with Gasteiger partial charge in [-0.15, -0.1) is 0 Å². The van der Waals surface area contributed by atoms with Gasteiger partial charge in [0, 0.05) is 50.2 Å². The molecule has 1 aliphatic heterocycles.